The molecule has 4 nitrogen and oxygen atoms in total. The summed E-state index contributed by atoms with van der Waals surface area (Å²) in [5, 5.41) is 3.54. The molecule has 0 bridgehead atoms. The molecule has 0 radical (unpaired) electrons. The van der Waals surface area contributed by atoms with Gasteiger partial charge in [-0.05, 0) is 45.1 Å². The second-order valence-corrected chi connectivity index (χ2v) is 6.40. The van der Waals surface area contributed by atoms with Gasteiger partial charge in [-0.1, -0.05) is 13.3 Å². The molecule has 0 aromatic rings. The zero-order valence-electron chi connectivity index (χ0n) is 13.1. The van der Waals surface area contributed by atoms with E-state index in [0.717, 1.165) is 38.9 Å². The summed E-state index contributed by atoms with van der Waals surface area (Å²) in [6, 6.07) is 0.485. The lowest BCUT2D eigenvalue weighted by atomic mass is 9.77. The van der Waals surface area contributed by atoms with Crippen molar-refractivity contribution >= 4 is 5.91 Å². The lowest BCUT2D eigenvalue weighted by Gasteiger charge is -2.41. The molecule has 1 aliphatic heterocycles. The van der Waals surface area contributed by atoms with Gasteiger partial charge in [0.1, 0.15) is 0 Å². The Labute approximate surface area is 123 Å². The molecule has 1 saturated heterocycles. The maximum absolute atomic E-state index is 12.6. The van der Waals surface area contributed by atoms with Crippen LogP contribution in [0.3, 0.4) is 0 Å². The van der Waals surface area contributed by atoms with Gasteiger partial charge in [-0.2, -0.15) is 0 Å². The zero-order valence-corrected chi connectivity index (χ0v) is 13.1. The number of piperidine rings is 1. The smallest absolute Gasteiger partial charge is 0.225 e. The van der Waals surface area contributed by atoms with E-state index in [1.807, 2.05) is 0 Å². The number of carbonyl (C=O) groups excluding carboxylic acids is 1. The van der Waals surface area contributed by atoms with E-state index >= 15 is 0 Å². The van der Waals surface area contributed by atoms with E-state index in [9.17, 15) is 4.79 Å². The maximum Gasteiger partial charge on any atom is 0.225 e. The van der Waals surface area contributed by atoms with Crippen LogP contribution in [-0.2, 0) is 9.53 Å². The monoisotopic (exact) mass is 282 g/mol. The molecule has 4 heteroatoms. The molecule has 116 valence electrons. The number of amides is 1. The van der Waals surface area contributed by atoms with Gasteiger partial charge >= 0.3 is 0 Å². The summed E-state index contributed by atoms with van der Waals surface area (Å²) < 4.78 is 5.60. The Kier molecular flexibility index (Phi) is 5.85. The molecule has 1 N–H and O–H groups in total. The fourth-order valence-corrected chi connectivity index (χ4v) is 3.35. The third-order valence-electron chi connectivity index (χ3n) is 4.87. The van der Waals surface area contributed by atoms with Crippen molar-refractivity contribution in [3.05, 3.63) is 0 Å². The number of methoxy groups -OCH3 is 1. The summed E-state index contributed by atoms with van der Waals surface area (Å²) in [6.07, 6.45) is 8.61. The molecule has 2 aliphatic rings. The minimum atomic E-state index is -0.150. The van der Waals surface area contributed by atoms with Gasteiger partial charge in [-0.15, -0.1) is 0 Å². The summed E-state index contributed by atoms with van der Waals surface area (Å²) in [5.41, 5.74) is -0.150. The SMILES string of the molecule is CCCN(CC1CCCCN1)C(=O)CC1(OC)CCC1. The van der Waals surface area contributed by atoms with Crippen molar-refractivity contribution < 1.29 is 9.53 Å². The summed E-state index contributed by atoms with van der Waals surface area (Å²) in [5.74, 6) is 0.278. The predicted molar refractivity (Wildman–Crippen MR) is 80.7 cm³/mol. The molecule has 1 amide bonds. The van der Waals surface area contributed by atoms with Crippen LogP contribution in [0, 0.1) is 0 Å². The molecule has 1 atom stereocenters. The highest BCUT2D eigenvalue weighted by Crippen LogP contribution is 2.38. The van der Waals surface area contributed by atoms with Crippen molar-refractivity contribution in [3.63, 3.8) is 0 Å². The standard InChI is InChI=1S/C16H30N2O2/c1-3-11-18(13-14-7-4-5-10-17-14)15(19)12-16(20-2)8-6-9-16/h14,17H,3-13H2,1-2H3. The van der Waals surface area contributed by atoms with Crippen LogP contribution in [0.4, 0.5) is 0 Å². The van der Waals surface area contributed by atoms with Gasteiger partial charge in [0.05, 0.1) is 12.0 Å². The van der Waals surface area contributed by atoms with Gasteiger partial charge in [0.15, 0.2) is 0 Å². The number of nitrogens with zero attached hydrogens (tertiary/aromatic N) is 1. The van der Waals surface area contributed by atoms with Crippen molar-refractivity contribution in [1.82, 2.24) is 10.2 Å². The Morgan fingerprint density at radius 3 is 2.65 bits per heavy atom. The minimum Gasteiger partial charge on any atom is -0.378 e. The minimum absolute atomic E-state index is 0.150. The summed E-state index contributed by atoms with van der Waals surface area (Å²) >= 11 is 0. The summed E-state index contributed by atoms with van der Waals surface area (Å²) in [4.78, 5) is 14.6. The first-order chi connectivity index (χ1) is 9.69. The number of ether oxygens (including phenoxy) is 1. The first-order valence-electron chi connectivity index (χ1n) is 8.25. The fourth-order valence-electron chi connectivity index (χ4n) is 3.35. The van der Waals surface area contributed by atoms with Gasteiger partial charge in [-0.25, -0.2) is 0 Å². The quantitative estimate of drug-likeness (QED) is 0.779. The van der Waals surface area contributed by atoms with E-state index in [4.69, 9.17) is 4.74 Å². The number of nitrogens with one attached hydrogen (secondary N) is 1. The molecule has 2 rings (SSSR count). The second kappa shape index (κ2) is 7.41. The summed E-state index contributed by atoms with van der Waals surface area (Å²) in [6.45, 7) is 4.98. The first kappa shape index (κ1) is 15.8. The number of carbonyl (C=O) groups is 1. The van der Waals surface area contributed by atoms with E-state index in [2.05, 4.69) is 17.1 Å². The Hall–Kier alpha value is -0.610. The number of hydrogen-bond donors (Lipinski definition) is 1. The molecule has 20 heavy (non-hydrogen) atoms. The molecule has 1 unspecified atom stereocenters. The van der Waals surface area contributed by atoms with Crippen LogP contribution in [0.15, 0.2) is 0 Å². The molecule has 0 aromatic heterocycles. The van der Waals surface area contributed by atoms with E-state index in [1.165, 1.54) is 25.7 Å². The first-order valence-corrected chi connectivity index (χ1v) is 8.25. The maximum atomic E-state index is 12.6. The third kappa shape index (κ3) is 3.95. The van der Waals surface area contributed by atoms with Gasteiger partial charge in [0.25, 0.3) is 0 Å². The molecule has 0 spiro atoms. The number of hydrogen-bond acceptors (Lipinski definition) is 3. The zero-order chi connectivity index (χ0) is 14.4. The third-order valence-corrected chi connectivity index (χ3v) is 4.87. The predicted octanol–water partition coefficient (Wildman–Crippen LogP) is 2.33. The Morgan fingerprint density at radius 2 is 2.15 bits per heavy atom. The Bertz CT molecular complexity index is 304. The topological polar surface area (TPSA) is 41.6 Å². The number of rotatable bonds is 7. The van der Waals surface area contributed by atoms with Crippen LogP contribution in [0.5, 0.6) is 0 Å². The lowest BCUT2D eigenvalue weighted by molar-refractivity contribution is -0.144. The van der Waals surface area contributed by atoms with Crippen LogP contribution < -0.4 is 5.32 Å². The molecule has 2 fully saturated rings. The van der Waals surface area contributed by atoms with Crippen molar-refractivity contribution in [2.24, 2.45) is 0 Å². The molecule has 1 saturated carbocycles. The van der Waals surface area contributed by atoms with Crippen molar-refractivity contribution in [3.8, 4) is 0 Å². The van der Waals surface area contributed by atoms with E-state index in [1.54, 1.807) is 7.11 Å². The summed E-state index contributed by atoms with van der Waals surface area (Å²) in [7, 11) is 1.75. The van der Waals surface area contributed by atoms with E-state index in [-0.39, 0.29) is 11.5 Å². The average Bonchev–Trinajstić information content (AvgIpc) is 2.43. The van der Waals surface area contributed by atoms with Gasteiger partial charge < -0.3 is 15.0 Å². The van der Waals surface area contributed by atoms with E-state index < -0.39 is 0 Å². The Balaban J connectivity index is 1.87. The molecular formula is C16H30N2O2. The van der Waals surface area contributed by atoms with Gasteiger partial charge in [-0.3, -0.25) is 4.79 Å². The fraction of sp³-hybridized carbons (Fsp3) is 0.938. The van der Waals surface area contributed by atoms with E-state index in [0.29, 0.717) is 12.5 Å². The second-order valence-electron chi connectivity index (χ2n) is 6.40. The van der Waals surface area contributed by atoms with Crippen LogP contribution in [0.25, 0.3) is 0 Å². The largest absolute Gasteiger partial charge is 0.378 e. The highest BCUT2D eigenvalue weighted by molar-refractivity contribution is 5.77. The highest BCUT2D eigenvalue weighted by Gasteiger charge is 2.40. The van der Waals surface area contributed by atoms with Crippen molar-refractivity contribution in [2.75, 3.05) is 26.7 Å². The van der Waals surface area contributed by atoms with Crippen LogP contribution in [0.1, 0.15) is 58.3 Å². The van der Waals surface area contributed by atoms with Crippen molar-refractivity contribution in [2.45, 2.75) is 69.9 Å². The van der Waals surface area contributed by atoms with Crippen LogP contribution in [0.2, 0.25) is 0 Å². The molecule has 0 aromatic carbocycles. The van der Waals surface area contributed by atoms with Crippen LogP contribution in [-0.4, -0.2) is 49.2 Å². The van der Waals surface area contributed by atoms with Crippen LogP contribution >= 0.6 is 0 Å². The highest BCUT2D eigenvalue weighted by atomic mass is 16.5. The molecular weight excluding hydrogens is 252 g/mol. The van der Waals surface area contributed by atoms with Gasteiger partial charge in [0.2, 0.25) is 5.91 Å². The molecule has 1 aliphatic carbocycles. The lowest BCUT2D eigenvalue weighted by Crippen LogP contribution is -2.49. The molecule has 1 heterocycles. The average molecular weight is 282 g/mol. The normalized spacial score (nSPS) is 25.0. The van der Waals surface area contributed by atoms with Crippen molar-refractivity contribution in [1.29, 1.82) is 0 Å². The Morgan fingerprint density at radius 1 is 1.35 bits per heavy atom. The van der Waals surface area contributed by atoms with Gasteiger partial charge in [0, 0.05) is 26.2 Å².